The van der Waals surface area contributed by atoms with E-state index in [2.05, 4.69) is 82.8 Å². The Labute approximate surface area is 233 Å². The molecule has 0 heterocycles. The minimum absolute atomic E-state index is 0.159. The molecule has 6 heteroatoms. The first-order valence-electron chi connectivity index (χ1n) is 13.0. The average molecular weight is 606 g/mol. The van der Waals surface area contributed by atoms with Gasteiger partial charge < -0.3 is 27.0 Å². The lowest BCUT2D eigenvalue weighted by atomic mass is 9.95. The van der Waals surface area contributed by atoms with Crippen LogP contribution in [0.3, 0.4) is 0 Å². The van der Waals surface area contributed by atoms with E-state index < -0.39 is 0 Å². The lowest BCUT2D eigenvalue weighted by Gasteiger charge is -2.24. The molecule has 0 radical (unpaired) electrons. The summed E-state index contributed by atoms with van der Waals surface area (Å²) in [6.45, 7) is 15.3. The van der Waals surface area contributed by atoms with Crippen molar-refractivity contribution < 1.29 is 0 Å². The van der Waals surface area contributed by atoms with E-state index in [0.29, 0.717) is 0 Å². The Bertz CT molecular complexity index is 878. The first-order valence-corrected chi connectivity index (χ1v) is 15.2. The topological polar surface area (TPSA) is 79.3 Å². The molecule has 200 valence electrons. The zero-order valence-corrected chi connectivity index (χ0v) is 25.0. The molecule has 2 aromatic rings. The van der Waals surface area contributed by atoms with Crippen molar-refractivity contribution in [2.24, 2.45) is 11.5 Å². The molecule has 0 bridgehead atoms. The highest BCUT2D eigenvalue weighted by Gasteiger charge is 2.12. The molecule has 6 N–H and O–H groups in total. The number of benzene rings is 2. The normalized spacial score (nSPS) is 13.5. The van der Waals surface area contributed by atoms with Crippen LogP contribution in [-0.4, -0.2) is 37.7 Å². The van der Waals surface area contributed by atoms with E-state index in [0.717, 1.165) is 57.0 Å². The van der Waals surface area contributed by atoms with Gasteiger partial charge in [-0.2, -0.15) is 0 Å². The molecule has 0 spiro atoms. The Morgan fingerprint density at radius 3 is 2.19 bits per heavy atom. The Morgan fingerprint density at radius 2 is 1.64 bits per heavy atom. The molecule has 1 aliphatic carbocycles. The SMILES string of the molecule is C=C(NCCNCCN(CC)c1ccc(C)cc1)C1=C(N)CCCC1.CC(N)c1ccccc1.CI. The molecule has 0 saturated carbocycles. The van der Waals surface area contributed by atoms with E-state index in [-0.39, 0.29) is 6.04 Å². The van der Waals surface area contributed by atoms with Crippen LogP contribution in [0, 0.1) is 6.92 Å². The zero-order valence-electron chi connectivity index (χ0n) is 22.8. The van der Waals surface area contributed by atoms with E-state index in [1.807, 2.05) is 42.2 Å². The third-order valence-electron chi connectivity index (χ3n) is 6.18. The molecule has 3 rings (SSSR count). The van der Waals surface area contributed by atoms with Gasteiger partial charge in [-0.05, 0) is 74.7 Å². The Morgan fingerprint density at radius 1 is 1.00 bits per heavy atom. The van der Waals surface area contributed by atoms with Gasteiger partial charge in [-0.15, -0.1) is 0 Å². The number of allylic oxidation sites excluding steroid dienone is 2. The number of rotatable bonds is 11. The molecule has 0 aliphatic heterocycles. The average Bonchev–Trinajstić information content (AvgIpc) is 2.91. The second-order valence-corrected chi connectivity index (χ2v) is 8.98. The van der Waals surface area contributed by atoms with Gasteiger partial charge in [0.1, 0.15) is 0 Å². The largest absolute Gasteiger partial charge is 0.402 e. The molecule has 0 saturated heterocycles. The van der Waals surface area contributed by atoms with Crippen molar-refractivity contribution in [3.05, 3.63) is 89.3 Å². The summed E-state index contributed by atoms with van der Waals surface area (Å²) < 4.78 is 0. The fourth-order valence-corrected chi connectivity index (χ4v) is 4.00. The summed E-state index contributed by atoms with van der Waals surface area (Å²) in [5.74, 6) is 0. The number of halogens is 1. The third kappa shape index (κ3) is 12.3. The minimum atomic E-state index is 0.159. The second kappa shape index (κ2) is 19.1. The fraction of sp³-hybridized carbons (Fsp3) is 0.467. The summed E-state index contributed by atoms with van der Waals surface area (Å²) in [5.41, 5.74) is 18.8. The zero-order chi connectivity index (χ0) is 26.8. The van der Waals surface area contributed by atoms with E-state index in [1.54, 1.807) is 0 Å². The molecule has 36 heavy (non-hydrogen) atoms. The third-order valence-corrected chi connectivity index (χ3v) is 6.18. The second-order valence-electron chi connectivity index (χ2n) is 8.98. The Balaban J connectivity index is 0.000000491. The van der Waals surface area contributed by atoms with Crippen LogP contribution in [-0.2, 0) is 0 Å². The fourth-order valence-electron chi connectivity index (χ4n) is 4.00. The molecule has 5 nitrogen and oxygen atoms in total. The van der Waals surface area contributed by atoms with Gasteiger partial charge in [0.25, 0.3) is 0 Å². The van der Waals surface area contributed by atoms with Crippen molar-refractivity contribution in [3.8, 4) is 0 Å². The minimum Gasteiger partial charge on any atom is -0.402 e. The van der Waals surface area contributed by atoms with Crippen LogP contribution >= 0.6 is 22.6 Å². The van der Waals surface area contributed by atoms with Gasteiger partial charge >= 0.3 is 0 Å². The van der Waals surface area contributed by atoms with Crippen molar-refractivity contribution >= 4 is 28.3 Å². The number of nitrogens with one attached hydrogen (secondary N) is 2. The van der Waals surface area contributed by atoms with Crippen LogP contribution in [0.1, 0.15) is 56.7 Å². The van der Waals surface area contributed by atoms with Gasteiger partial charge in [-0.1, -0.05) is 77.2 Å². The van der Waals surface area contributed by atoms with E-state index >= 15 is 0 Å². The van der Waals surface area contributed by atoms with Crippen molar-refractivity contribution in [2.75, 3.05) is 42.6 Å². The summed E-state index contributed by atoms with van der Waals surface area (Å²) in [4.78, 5) is 4.37. The molecule has 0 aromatic heterocycles. The van der Waals surface area contributed by atoms with Crippen molar-refractivity contribution in [2.45, 2.75) is 52.5 Å². The Hall–Kier alpha value is -2.03. The van der Waals surface area contributed by atoms with Gasteiger partial charge in [-0.25, -0.2) is 0 Å². The number of alkyl halides is 1. The van der Waals surface area contributed by atoms with Crippen molar-refractivity contribution in [3.63, 3.8) is 0 Å². The predicted molar refractivity (Wildman–Crippen MR) is 168 cm³/mol. The van der Waals surface area contributed by atoms with Gasteiger partial charge in [-0.3, -0.25) is 0 Å². The molecular formula is C30H48IN5. The maximum Gasteiger partial charge on any atom is 0.0366 e. The standard InChI is InChI=1S/C21H34N4.C8H11N.CH3I/c1-4-25(19-11-9-17(2)10-12-19)16-15-23-13-14-24-18(3)20-7-5-6-8-21(20)22;1-7(9)8-5-3-2-4-6-8;1-2/h9-12,23-24H,3-8,13-16,22H2,1-2H3;2-7H,9H2,1H3;1H3. The quantitative estimate of drug-likeness (QED) is 0.142. The van der Waals surface area contributed by atoms with Gasteiger partial charge in [0.2, 0.25) is 0 Å². The van der Waals surface area contributed by atoms with Gasteiger partial charge in [0.05, 0.1) is 0 Å². The number of anilines is 1. The predicted octanol–water partition coefficient (Wildman–Crippen LogP) is 6.06. The molecule has 1 aliphatic rings. The summed E-state index contributed by atoms with van der Waals surface area (Å²) in [6.07, 6.45) is 4.51. The number of hydrogen-bond acceptors (Lipinski definition) is 5. The highest BCUT2D eigenvalue weighted by atomic mass is 127. The van der Waals surface area contributed by atoms with E-state index in [4.69, 9.17) is 11.5 Å². The summed E-state index contributed by atoms with van der Waals surface area (Å²) in [7, 11) is 0. The van der Waals surface area contributed by atoms with Crippen LogP contribution in [0.4, 0.5) is 5.69 Å². The molecule has 1 atom stereocenters. The lowest BCUT2D eigenvalue weighted by molar-refractivity contribution is 0.625. The first-order chi connectivity index (χ1) is 17.4. The molecule has 2 aromatic carbocycles. The summed E-state index contributed by atoms with van der Waals surface area (Å²) in [6, 6.07) is 19.0. The van der Waals surface area contributed by atoms with Crippen LogP contribution in [0.2, 0.25) is 0 Å². The maximum absolute atomic E-state index is 6.10. The smallest absolute Gasteiger partial charge is 0.0366 e. The number of nitrogens with zero attached hydrogens (tertiary/aromatic N) is 1. The highest BCUT2D eigenvalue weighted by Crippen LogP contribution is 2.24. The molecule has 1 unspecified atom stereocenters. The summed E-state index contributed by atoms with van der Waals surface area (Å²) in [5, 5.41) is 6.92. The van der Waals surface area contributed by atoms with Crippen LogP contribution in [0.15, 0.2) is 78.1 Å². The Kier molecular flexibility index (Phi) is 17.0. The molecular weight excluding hydrogens is 557 g/mol. The highest BCUT2D eigenvalue weighted by molar-refractivity contribution is 14.1. The van der Waals surface area contributed by atoms with E-state index in [1.165, 1.54) is 35.2 Å². The van der Waals surface area contributed by atoms with Gasteiger partial charge in [0, 0.05) is 55.8 Å². The summed E-state index contributed by atoms with van der Waals surface area (Å²) >= 11 is 2.15. The van der Waals surface area contributed by atoms with Crippen molar-refractivity contribution in [1.82, 2.24) is 10.6 Å². The number of nitrogens with two attached hydrogens (primary N) is 2. The number of likely N-dealkylation sites (N-methyl/N-ethyl adjacent to an activating group) is 1. The monoisotopic (exact) mass is 605 g/mol. The van der Waals surface area contributed by atoms with Crippen LogP contribution < -0.4 is 27.0 Å². The number of hydrogen-bond donors (Lipinski definition) is 4. The van der Waals surface area contributed by atoms with Crippen LogP contribution in [0.25, 0.3) is 0 Å². The molecule has 0 amide bonds. The lowest BCUT2D eigenvalue weighted by Crippen LogP contribution is -2.35. The first kappa shape index (κ1) is 32.0. The van der Waals surface area contributed by atoms with Crippen molar-refractivity contribution in [1.29, 1.82) is 0 Å². The van der Waals surface area contributed by atoms with Gasteiger partial charge in [0.15, 0.2) is 0 Å². The van der Waals surface area contributed by atoms with E-state index in [9.17, 15) is 0 Å². The molecule has 0 fully saturated rings. The maximum atomic E-state index is 6.10. The van der Waals surface area contributed by atoms with Crippen LogP contribution in [0.5, 0.6) is 0 Å². The number of aryl methyl sites for hydroxylation is 1.